The number of ether oxygens (including phenoxy) is 4. The maximum absolute atomic E-state index is 12.9. The van der Waals surface area contributed by atoms with Gasteiger partial charge in [-0.2, -0.15) is 8.42 Å². The quantitative estimate of drug-likeness (QED) is 0.0197. The van der Waals surface area contributed by atoms with Gasteiger partial charge in [-0.15, -0.1) is 0 Å². The van der Waals surface area contributed by atoms with Gasteiger partial charge >= 0.3 is 16.4 Å². The monoisotopic (exact) mass is 973 g/mol. The van der Waals surface area contributed by atoms with Gasteiger partial charge in [-0.05, 0) is 51.4 Å². The molecule has 0 bridgehead atoms. The van der Waals surface area contributed by atoms with E-state index >= 15 is 0 Å². The molecule has 0 aromatic carbocycles. The molecule has 1 heterocycles. The number of aliphatic hydroxyl groups is 3. The first-order chi connectivity index (χ1) is 32.6. The van der Waals surface area contributed by atoms with E-state index in [1.165, 1.54) is 154 Å². The number of hydrogen-bond acceptors (Lipinski definition) is 11. The zero-order valence-electron chi connectivity index (χ0n) is 42.5. The van der Waals surface area contributed by atoms with Crippen molar-refractivity contribution < 1.29 is 56.2 Å². The van der Waals surface area contributed by atoms with Crippen LogP contribution in [0.15, 0.2) is 36.5 Å². The van der Waals surface area contributed by atoms with Crippen LogP contribution in [0.25, 0.3) is 0 Å². The fourth-order valence-electron chi connectivity index (χ4n) is 8.39. The summed E-state index contributed by atoms with van der Waals surface area (Å²) < 4.78 is 59.3. The Bertz CT molecular complexity index is 1310. The number of carbonyl (C=O) groups is 1. The molecule has 12 nitrogen and oxygen atoms in total. The molecular formula is C54H100O12S. The average molecular weight is 973 g/mol. The highest BCUT2D eigenvalue weighted by Gasteiger charge is 2.48. The summed E-state index contributed by atoms with van der Waals surface area (Å²) in [7, 11) is -5.07. The normalized spacial score (nSPS) is 19.6. The van der Waals surface area contributed by atoms with Crippen LogP contribution in [0, 0.1) is 0 Å². The molecule has 0 radical (unpaired) electrons. The van der Waals surface area contributed by atoms with E-state index in [1.807, 2.05) is 0 Å². The van der Waals surface area contributed by atoms with Gasteiger partial charge in [0.15, 0.2) is 6.29 Å². The second-order valence-electron chi connectivity index (χ2n) is 18.8. The first-order valence-electron chi connectivity index (χ1n) is 27.2. The highest BCUT2D eigenvalue weighted by molar-refractivity contribution is 7.80. The van der Waals surface area contributed by atoms with Crippen LogP contribution in [0.5, 0.6) is 0 Å². The van der Waals surface area contributed by atoms with Crippen LogP contribution < -0.4 is 0 Å². The zero-order valence-corrected chi connectivity index (χ0v) is 43.3. The number of unbranched alkanes of at least 4 members (excludes halogenated alkanes) is 29. The molecule has 0 spiro atoms. The minimum absolute atomic E-state index is 0.0362. The van der Waals surface area contributed by atoms with E-state index in [4.69, 9.17) is 18.9 Å². The molecule has 6 unspecified atom stereocenters. The Morgan fingerprint density at radius 1 is 0.567 bits per heavy atom. The Labute approximate surface area is 409 Å². The Hall–Kier alpha value is -1.68. The maximum Gasteiger partial charge on any atom is 0.397 e. The molecule has 0 aliphatic carbocycles. The fraction of sp³-hybridized carbons (Fsp3) is 0.870. The average Bonchev–Trinajstić information content (AvgIpc) is 3.30. The van der Waals surface area contributed by atoms with Crippen LogP contribution in [0.2, 0.25) is 0 Å². The van der Waals surface area contributed by atoms with Gasteiger partial charge in [-0.1, -0.05) is 217 Å². The van der Waals surface area contributed by atoms with Crippen molar-refractivity contribution in [3.8, 4) is 0 Å². The number of carbonyl (C=O) groups excluding carboxylic acids is 1. The molecule has 6 atom stereocenters. The van der Waals surface area contributed by atoms with E-state index in [-0.39, 0.29) is 19.6 Å². The molecule has 0 amide bonds. The van der Waals surface area contributed by atoms with Crippen LogP contribution in [0.1, 0.15) is 239 Å². The molecular weight excluding hydrogens is 873 g/mol. The maximum atomic E-state index is 12.9. The van der Waals surface area contributed by atoms with Gasteiger partial charge in [0.25, 0.3) is 0 Å². The van der Waals surface area contributed by atoms with Crippen molar-refractivity contribution in [1.82, 2.24) is 0 Å². The number of rotatable bonds is 48. The molecule has 0 aromatic rings. The standard InChI is InChI=1S/C54H100O12S/c1-3-5-7-9-11-13-15-17-19-21-22-23-24-25-26-27-29-31-33-35-37-39-41-43-50(56)64-48(47-63-54-52(58)53(66-67(59,60)61)51(57)49(45-55)65-54)46-62-44-42-40-38-36-34-32-30-28-20-18-16-14-12-10-8-6-4-2/h15,17,21-22,24-25,48-49,51-55,57-58H,3-14,16,18-20,23,26-47H2,1-2H3,(H,59,60,61)/b17-15-,22-21-,25-24-. The molecule has 1 aliphatic heterocycles. The van der Waals surface area contributed by atoms with Gasteiger partial charge in [-0.3, -0.25) is 9.35 Å². The highest BCUT2D eigenvalue weighted by Crippen LogP contribution is 2.26. The van der Waals surface area contributed by atoms with E-state index in [2.05, 4.69) is 54.5 Å². The SMILES string of the molecule is CCCCCCC/C=C\C/C=C\C/C=C\CCCCCCCCCCC(=O)OC(COCCCCCCCCCCCCCCCCCCC)COC1OC(CO)C(O)C(OS(=O)(=O)O)C1O. The molecule has 4 N–H and O–H groups in total. The summed E-state index contributed by atoms with van der Waals surface area (Å²) in [4.78, 5) is 12.9. The molecule has 1 aliphatic rings. The van der Waals surface area contributed by atoms with Crippen molar-refractivity contribution in [2.75, 3.05) is 26.4 Å². The Kier molecular flexibility index (Phi) is 43.0. The van der Waals surface area contributed by atoms with E-state index in [9.17, 15) is 33.1 Å². The first-order valence-corrected chi connectivity index (χ1v) is 28.6. The molecule has 1 fully saturated rings. The minimum Gasteiger partial charge on any atom is -0.457 e. The van der Waals surface area contributed by atoms with Crippen LogP contribution in [-0.2, 0) is 38.3 Å². The Morgan fingerprint density at radius 2 is 0.985 bits per heavy atom. The third kappa shape index (κ3) is 38.7. The van der Waals surface area contributed by atoms with Crippen molar-refractivity contribution in [1.29, 1.82) is 0 Å². The largest absolute Gasteiger partial charge is 0.457 e. The second kappa shape index (κ2) is 45.5. The third-order valence-electron chi connectivity index (χ3n) is 12.5. The van der Waals surface area contributed by atoms with E-state index < -0.39 is 59.8 Å². The lowest BCUT2D eigenvalue weighted by Gasteiger charge is -2.41. The molecule has 1 saturated heterocycles. The van der Waals surface area contributed by atoms with E-state index in [0.29, 0.717) is 13.0 Å². The molecule has 394 valence electrons. The number of aliphatic hydroxyl groups excluding tert-OH is 3. The van der Waals surface area contributed by atoms with Crippen LogP contribution in [0.4, 0.5) is 0 Å². The number of allylic oxidation sites excluding steroid dienone is 6. The summed E-state index contributed by atoms with van der Waals surface area (Å²) in [6.07, 6.45) is 46.0. The first kappa shape index (κ1) is 63.3. The van der Waals surface area contributed by atoms with Crippen molar-refractivity contribution in [3.05, 3.63) is 36.5 Å². The predicted octanol–water partition coefficient (Wildman–Crippen LogP) is 12.9. The minimum atomic E-state index is -5.07. The summed E-state index contributed by atoms with van der Waals surface area (Å²) in [5.41, 5.74) is 0. The summed E-state index contributed by atoms with van der Waals surface area (Å²) in [6.45, 7) is 4.01. The lowest BCUT2D eigenvalue weighted by atomic mass is 9.99. The number of esters is 1. The lowest BCUT2D eigenvalue weighted by molar-refractivity contribution is -0.301. The van der Waals surface area contributed by atoms with Crippen molar-refractivity contribution in [3.63, 3.8) is 0 Å². The van der Waals surface area contributed by atoms with Gasteiger partial charge in [0.2, 0.25) is 0 Å². The predicted molar refractivity (Wildman–Crippen MR) is 271 cm³/mol. The second-order valence-corrected chi connectivity index (χ2v) is 19.9. The Balaban J connectivity index is 2.33. The fourth-order valence-corrected chi connectivity index (χ4v) is 8.90. The smallest absolute Gasteiger partial charge is 0.397 e. The summed E-state index contributed by atoms with van der Waals surface area (Å²) in [5, 5.41) is 30.8. The van der Waals surface area contributed by atoms with Crippen LogP contribution in [0.3, 0.4) is 0 Å². The molecule has 67 heavy (non-hydrogen) atoms. The van der Waals surface area contributed by atoms with Crippen LogP contribution in [-0.4, -0.2) is 97.5 Å². The zero-order chi connectivity index (χ0) is 48.9. The van der Waals surface area contributed by atoms with Crippen molar-refractivity contribution in [2.45, 2.75) is 275 Å². The highest BCUT2D eigenvalue weighted by atomic mass is 32.3. The van der Waals surface area contributed by atoms with Gasteiger partial charge in [0, 0.05) is 13.0 Å². The lowest BCUT2D eigenvalue weighted by Crippen LogP contribution is -2.60. The molecule has 1 rings (SSSR count). The topological polar surface area (TPSA) is 178 Å². The molecule has 0 aromatic heterocycles. The van der Waals surface area contributed by atoms with Gasteiger partial charge < -0.3 is 34.3 Å². The van der Waals surface area contributed by atoms with E-state index in [0.717, 1.165) is 57.8 Å². The van der Waals surface area contributed by atoms with Crippen molar-refractivity contribution >= 4 is 16.4 Å². The third-order valence-corrected chi connectivity index (χ3v) is 13.0. The Morgan fingerprint density at radius 3 is 1.43 bits per heavy atom. The van der Waals surface area contributed by atoms with Crippen LogP contribution >= 0.6 is 0 Å². The molecule has 0 saturated carbocycles. The van der Waals surface area contributed by atoms with Gasteiger partial charge in [0.05, 0.1) is 19.8 Å². The summed E-state index contributed by atoms with van der Waals surface area (Å²) in [6, 6.07) is 0. The van der Waals surface area contributed by atoms with Gasteiger partial charge in [0.1, 0.15) is 30.5 Å². The van der Waals surface area contributed by atoms with Crippen molar-refractivity contribution in [2.24, 2.45) is 0 Å². The summed E-state index contributed by atoms with van der Waals surface area (Å²) in [5.74, 6) is -0.403. The number of hydrogen-bond donors (Lipinski definition) is 4. The van der Waals surface area contributed by atoms with Gasteiger partial charge in [-0.25, -0.2) is 4.18 Å². The van der Waals surface area contributed by atoms with E-state index in [1.54, 1.807) is 0 Å². The molecule has 13 heteroatoms. The summed E-state index contributed by atoms with van der Waals surface area (Å²) >= 11 is 0.